The Kier molecular flexibility index (Phi) is 6.65. The van der Waals surface area contributed by atoms with Crippen LogP contribution in [-0.4, -0.2) is 43.4 Å². The first-order valence-electron chi connectivity index (χ1n) is 7.89. The van der Waals surface area contributed by atoms with E-state index in [2.05, 4.69) is 0 Å². The summed E-state index contributed by atoms with van der Waals surface area (Å²) >= 11 is 0. The summed E-state index contributed by atoms with van der Waals surface area (Å²) in [7, 11) is 2.95. The number of ether oxygens (including phenoxy) is 3. The van der Waals surface area contributed by atoms with Crippen molar-refractivity contribution in [3.63, 3.8) is 0 Å². The molecule has 0 saturated heterocycles. The van der Waals surface area contributed by atoms with Gasteiger partial charge < -0.3 is 24.4 Å². The molecule has 0 unspecified atom stereocenters. The molecule has 25 heavy (non-hydrogen) atoms. The van der Waals surface area contributed by atoms with E-state index < -0.39 is 0 Å². The maximum absolute atomic E-state index is 12.3. The molecule has 0 aliphatic rings. The Balaban J connectivity index is 2.06. The van der Waals surface area contributed by atoms with Crippen LogP contribution < -0.4 is 14.2 Å². The second-order valence-electron chi connectivity index (χ2n) is 5.41. The van der Waals surface area contributed by atoms with Gasteiger partial charge in [-0.3, -0.25) is 4.79 Å². The Bertz CT molecular complexity index is 726. The average molecular weight is 346 g/mol. The summed E-state index contributed by atoms with van der Waals surface area (Å²) in [5.74, 6) is 0.961. The van der Waals surface area contributed by atoms with E-state index in [-0.39, 0.29) is 30.5 Å². The van der Waals surface area contributed by atoms with Gasteiger partial charge in [0.05, 0.1) is 14.2 Å². The molecule has 0 spiro atoms. The Hall–Kier alpha value is -2.73. The number of carbonyl (C=O) groups excluding carboxylic acids is 1. The number of Topliss-reactive ketones (excluding diaryl/α,β-unsaturated/α-hetero) is 1. The van der Waals surface area contributed by atoms with Gasteiger partial charge in [0.1, 0.15) is 0 Å². The van der Waals surface area contributed by atoms with Gasteiger partial charge in [-0.15, -0.1) is 0 Å². The van der Waals surface area contributed by atoms with Crippen molar-refractivity contribution in [1.29, 1.82) is 0 Å². The molecule has 0 atom stereocenters. The molecule has 2 aromatic rings. The minimum absolute atomic E-state index is 0.0277. The van der Waals surface area contributed by atoms with Crippen LogP contribution >= 0.6 is 0 Å². The maximum Gasteiger partial charge on any atom is 0.200 e. The number of hydrogen-bond donors (Lipinski definition) is 2. The van der Waals surface area contributed by atoms with E-state index in [9.17, 15) is 9.90 Å². The van der Waals surface area contributed by atoms with Gasteiger partial charge in [-0.1, -0.05) is 6.07 Å². The number of aromatic hydroxyl groups is 1. The summed E-state index contributed by atoms with van der Waals surface area (Å²) in [6.07, 6.45) is 1.41. The second-order valence-corrected chi connectivity index (χ2v) is 5.41. The van der Waals surface area contributed by atoms with E-state index >= 15 is 0 Å². The Morgan fingerprint density at radius 3 is 2.44 bits per heavy atom. The average Bonchev–Trinajstić information content (AvgIpc) is 2.64. The summed E-state index contributed by atoms with van der Waals surface area (Å²) in [6, 6.07) is 9.84. The highest BCUT2D eigenvalue weighted by atomic mass is 16.5. The number of aliphatic hydroxyl groups excluding tert-OH is 1. The van der Waals surface area contributed by atoms with Crippen LogP contribution in [-0.2, 0) is 6.42 Å². The van der Waals surface area contributed by atoms with Gasteiger partial charge in [0.2, 0.25) is 0 Å². The van der Waals surface area contributed by atoms with Crippen molar-refractivity contribution < 1.29 is 29.2 Å². The third-order valence-corrected chi connectivity index (χ3v) is 3.71. The molecule has 2 N–H and O–H groups in total. The molecule has 0 heterocycles. The number of carbonyl (C=O) groups is 1. The number of rotatable bonds is 9. The van der Waals surface area contributed by atoms with Gasteiger partial charge in [0.15, 0.2) is 35.4 Å². The number of hydrogen-bond acceptors (Lipinski definition) is 6. The quantitative estimate of drug-likeness (QED) is 0.679. The lowest BCUT2D eigenvalue weighted by Crippen LogP contribution is -2.12. The zero-order chi connectivity index (χ0) is 18.2. The van der Waals surface area contributed by atoms with Crippen molar-refractivity contribution >= 4 is 5.78 Å². The number of benzene rings is 2. The lowest BCUT2D eigenvalue weighted by atomic mass is 10.1. The molecule has 0 aliphatic carbocycles. The highest BCUT2D eigenvalue weighted by Gasteiger charge is 2.13. The van der Waals surface area contributed by atoms with E-state index in [4.69, 9.17) is 19.3 Å². The molecule has 0 fully saturated rings. The second kappa shape index (κ2) is 8.94. The van der Waals surface area contributed by atoms with Gasteiger partial charge in [0.25, 0.3) is 0 Å². The Morgan fingerprint density at radius 1 is 1.00 bits per heavy atom. The van der Waals surface area contributed by atoms with E-state index in [1.807, 2.05) is 12.1 Å². The van der Waals surface area contributed by atoms with Crippen LogP contribution in [0.5, 0.6) is 23.0 Å². The molecular formula is C19H22O6. The van der Waals surface area contributed by atoms with Gasteiger partial charge in [-0.25, -0.2) is 0 Å². The predicted molar refractivity (Wildman–Crippen MR) is 92.9 cm³/mol. The van der Waals surface area contributed by atoms with Crippen LogP contribution in [0.1, 0.15) is 22.3 Å². The minimum Gasteiger partial charge on any atom is -0.504 e. The predicted octanol–water partition coefficient (Wildman–Crippen LogP) is 2.60. The molecule has 0 aliphatic heterocycles. The molecule has 0 aromatic heterocycles. The van der Waals surface area contributed by atoms with Crippen LogP contribution in [0.4, 0.5) is 0 Å². The van der Waals surface area contributed by atoms with Gasteiger partial charge in [0, 0.05) is 12.2 Å². The van der Waals surface area contributed by atoms with E-state index in [0.717, 1.165) is 12.0 Å². The molecule has 6 heteroatoms. The highest BCUT2D eigenvalue weighted by Crippen LogP contribution is 2.29. The summed E-state index contributed by atoms with van der Waals surface area (Å²) in [5, 5.41) is 18.5. The molecule has 134 valence electrons. The fourth-order valence-electron chi connectivity index (χ4n) is 2.35. The van der Waals surface area contributed by atoms with E-state index in [1.54, 1.807) is 6.07 Å². The number of phenols is 1. The van der Waals surface area contributed by atoms with Crippen molar-refractivity contribution in [3.05, 3.63) is 47.5 Å². The van der Waals surface area contributed by atoms with Gasteiger partial charge >= 0.3 is 0 Å². The molecule has 0 saturated carbocycles. The SMILES string of the molecule is COc1cc(C(=O)COc2ccc(CCCO)cc2OC)ccc1O. The third-order valence-electron chi connectivity index (χ3n) is 3.71. The summed E-state index contributed by atoms with van der Waals surface area (Å²) in [5.41, 5.74) is 1.40. The summed E-state index contributed by atoms with van der Waals surface area (Å²) in [6.45, 7) is -0.0363. The van der Waals surface area contributed by atoms with Crippen LogP contribution in [0.25, 0.3) is 0 Å². The fourth-order valence-corrected chi connectivity index (χ4v) is 2.35. The third kappa shape index (κ3) is 4.87. The topological polar surface area (TPSA) is 85.2 Å². The lowest BCUT2D eigenvalue weighted by molar-refractivity contribution is 0.0919. The van der Waals surface area contributed by atoms with Crippen LogP contribution in [0, 0.1) is 0 Å². The molecule has 2 rings (SSSR count). The zero-order valence-electron chi connectivity index (χ0n) is 14.3. The van der Waals surface area contributed by atoms with E-state index in [0.29, 0.717) is 23.5 Å². The lowest BCUT2D eigenvalue weighted by Gasteiger charge is -2.12. The smallest absolute Gasteiger partial charge is 0.200 e. The van der Waals surface area contributed by atoms with Crippen LogP contribution in [0.3, 0.4) is 0 Å². The van der Waals surface area contributed by atoms with Crippen LogP contribution in [0.2, 0.25) is 0 Å². The molecular weight excluding hydrogens is 324 g/mol. The van der Waals surface area contributed by atoms with Crippen molar-refractivity contribution in [2.24, 2.45) is 0 Å². The Labute approximate surface area is 146 Å². The largest absolute Gasteiger partial charge is 0.504 e. The summed E-state index contributed by atoms with van der Waals surface area (Å²) in [4.78, 5) is 12.3. The summed E-state index contributed by atoms with van der Waals surface area (Å²) < 4.78 is 15.9. The van der Waals surface area contributed by atoms with Crippen molar-refractivity contribution in [3.8, 4) is 23.0 Å². The first kappa shape index (κ1) is 18.6. The van der Waals surface area contributed by atoms with Crippen molar-refractivity contribution in [2.75, 3.05) is 27.4 Å². The molecule has 6 nitrogen and oxygen atoms in total. The van der Waals surface area contributed by atoms with Crippen molar-refractivity contribution in [2.45, 2.75) is 12.8 Å². The Morgan fingerprint density at radius 2 is 1.76 bits per heavy atom. The zero-order valence-corrected chi connectivity index (χ0v) is 14.3. The van der Waals surface area contributed by atoms with Crippen molar-refractivity contribution in [1.82, 2.24) is 0 Å². The number of ketones is 1. The minimum atomic E-state index is -0.246. The molecule has 0 amide bonds. The standard InChI is InChI=1S/C19H22O6/c1-23-18-11-14(6-7-15(18)21)16(22)12-25-17-8-5-13(4-3-9-20)10-19(17)24-2/h5-8,10-11,20-21H,3-4,9,12H2,1-2H3. The normalized spacial score (nSPS) is 10.4. The fraction of sp³-hybridized carbons (Fsp3) is 0.316. The monoisotopic (exact) mass is 346 g/mol. The number of phenolic OH excluding ortho intramolecular Hbond substituents is 1. The number of aliphatic hydroxyl groups is 1. The van der Waals surface area contributed by atoms with Crippen LogP contribution in [0.15, 0.2) is 36.4 Å². The first-order valence-corrected chi connectivity index (χ1v) is 7.89. The highest BCUT2D eigenvalue weighted by molar-refractivity contribution is 5.97. The molecule has 2 aromatic carbocycles. The maximum atomic E-state index is 12.3. The molecule has 0 bridgehead atoms. The van der Waals surface area contributed by atoms with Gasteiger partial charge in [-0.05, 0) is 48.7 Å². The van der Waals surface area contributed by atoms with E-state index in [1.165, 1.54) is 32.4 Å². The number of methoxy groups -OCH3 is 2. The first-order chi connectivity index (χ1) is 12.1. The number of aryl methyl sites for hydroxylation is 1. The molecule has 0 radical (unpaired) electrons. The van der Waals surface area contributed by atoms with Gasteiger partial charge in [-0.2, -0.15) is 0 Å².